The molecule has 0 atom stereocenters. The van der Waals surface area contributed by atoms with Gasteiger partial charge in [0.2, 0.25) is 0 Å². The first kappa shape index (κ1) is 22.8. The summed E-state index contributed by atoms with van der Waals surface area (Å²) in [5.74, 6) is 1.51. The van der Waals surface area contributed by atoms with Gasteiger partial charge in [0.1, 0.15) is 0 Å². The molecule has 0 aliphatic heterocycles. The zero-order chi connectivity index (χ0) is 20.6. The standard InChI is InChI=1S/C23H38N2OSi2/c1-20-11-13-21(14-12-20)23-24-17-22(18-25-23)26-15-9-7-8-10-16-28(5,6)19-27(2,3)4/h11-14,17-18H,7-10,15-16,19H2,1-6H3. The summed E-state index contributed by atoms with van der Waals surface area (Å²) in [6.07, 6.45) is 8.64. The molecule has 0 saturated carbocycles. The van der Waals surface area contributed by atoms with E-state index >= 15 is 0 Å². The van der Waals surface area contributed by atoms with Crippen molar-refractivity contribution in [1.29, 1.82) is 0 Å². The van der Waals surface area contributed by atoms with Crippen LogP contribution in [0.15, 0.2) is 36.7 Å². The van der Waals surface area contributed by atoms with Crippen LogP contribution in [0.4, 0.5) is 0 Å². The van der Waals surface area contributed by atoms with E-state index in [-0.39, 0.29) is 0 Å². The lowest BCUT2D eigenvalue weighted by atomic mass is 10.1. The summed E-state index contributed by atoms with van der Waals surface area (Å²) in [6.45, 7) is 15.5. The summed E-state index contributed by atoms with van der Waals surface area (Å²) in [5.41, 5.74) is 3.84. The number of hydrogen-bond acceptors (Lipinski definition) is 3. The Bertz CT molecular complexity index is 707. The summed E-state index contributed by atoms with van der Waals surface area (Å²) in [7, 11) is -1.89. The van der Waals surface area contributed by atoms with E-state index in [0.29, 0.717) is 0 Å². The van der Waals surface area contributed by atoms with Gasteiger partial charge in [-0.2, -0.15) is 0 Å². The van der Waals surface area contributed by atoms with Gasteiger partial charge in [-0.25, -0.2) is 9.97 Å². The lowest BCUT2D eigenvalue weighted by Crippen LogP contribution is -2.37. The highest BCUT2D eigenvalue weighted by molar-refractivity contribution is 6.94. The minimum Gasteiger partial charge on any atom is -0.490 e. The molecule has 28 heavy (non-hydrogen) atoms. The van der Waals surface area contributed by atoms with Crippen LogP contribution in [0.25, 0.3) is 11.4 Å². The minimum absolute atomic E-state index is 0.748. The highest BCUT2D eigenvalue weighted by atomic mass is 28.4. The van der Waals surface area contributed by atoms with Crippen LogP contribution in [0, 0.1) is 6.92 Å². The number of aromatic nitrogens is 2. The third-order valence-corrected chi connectivity index (χ3v) is 14.7. The maximum absolute atomic E-state index is 5.82. The summed E-state index contributed by atoms with van der Waals surface area (Å²) < 4.78 is 5.82. The van der Waals surface area contributed by atoms with E-state index in [1.54, 1.807) is 18.1 Å². The van der Waals surface area contributed by atoms with Crippen LogP contribution in [0.2, 0.25) is 44.4 Å². The predicted octanol–water partition coefficient (Wildman–Crippen LogP) is 6.98. The predicted molar refractivity (Wildman–Crippen MR) is 127 cm³/mol. The molecule has 0 radical (unpaired) electrons. The molecule has 0 bridgehead atoms. The number of rotatable bonds is 11. The van der Waals surface area contributed by atoms with Crippen molar-refractivity contribution in [1.82, 2.24) is 9.97 Å². The van der Waals surface area contributed by atoms with E-state index < -0.39 is 16.1 Å². The van der Waals surface area contributed by atoms with Crippen LogP contribution in [-0.2, 0) is 0 Å². The highest BCUT2D eigenvalue weighted by Crippen LogP contribution is 2.25. The Morgan fingerprint density at radius 3 is 2.04 bits per heavy atom. The second-order valence-electron chi connectivity index (χ2n) is 10.0. The van der Waals surface area contributed by atoms with E-state index in [9.17, 15) is 0 Å². The maximum Gasteiger partial charge on any atom is 0.159 e. The zero-order valence-corrected chi connectivity index (χ0v) is 20.7. The molecule has 0 aliphatic rings. The molecular formula is C23H38N2OSi2. The van der Waals surface area contributed by atoms with Crippen molar-refractivity contribution >= 4 is 16.1 Å². The van der Waals surface area contributed by atoms with Crippen molar-refractivity contribution < 1.29 is 4.74 Å². The molecule has 0 saturated heterocycles. The Morgan fingerprint density at radius 2 is 1.43 bits per heavy atom. The van der Waals surface area contributed by atoms with Crippen LogP contribution >= 0.6 is 0 Å². The molecule has 0 unspecified atom stereocenters. The average Bonchev–Trinajstić information content (AvgIpc) is 2.60. The largest absolute Gasteiger partial charge is 0.490 e. The first-order chi connectivity index (χ1) is 13.1. The molecule has 0 fully saturated rings. The van der Waals surface area contributed by atoms with Crippen LogP contribution in [0.5, 0.6) is 5.75 Å². The van der Waals surface area contributed by atoms with Crippen molar-refractivity contribution in [2.45, 2.75) is 77.1 Å². The third kappa shape index (κ3) is 8.69. The van der Waals surface area contributed by atoms with Gasteiger partial charge < -0.3 is 4.74 Å². The molecule has 0 amide bonds. The van der Waals surface area contributed by atoms with Crippen molar-refractivity contribution in [3.05, 3.63) is 42.2 Å². The van der Waals surface area contributed by atoms with Gasteiger partial charge in [-0.15, -0.1) is 0 Å². The van der Waals surface area contributed by atoms with Crippen molar-refractivity contribution in [3.63, 3.8) is 0 Å². The van der Waals surface area contributed by atoms with Crippen LogP contribution in [0.1, 0.15) is 31.2 Å². The van der Waals surface area contributed by atoms with Gasteiger partial charge in [-0.1, -0.05) is 93.5 Å². The van der Waals surface area contributed by atoms with Gasteiger partial charge in [0.25, 0.3) is 0 Å². The Balaban J connectivity index is 1.63. The molecule has 154 valence electrons. The molecule has 2 aromatic rings. The quantitative estimate of drug-likeness (QED) is 0.294. The number of benzene rings is 1. The lowest BCUT2D eigenvalue weighted by molar-refractivity contribution is 0.302. The molecule has 2 rings (SSSR count). The summed E-state index contributed by atoms with van der Waals surface area (Å²) in [5, 5.41) is 0. The van der Waals surface area contributed by atoms with Gasteiger partial charge in [-0.05, 0) is 13.3 Å². The van der Waals surface area contributed by atoms with Gasteiger partial charge in [0.05, 0.1) is 19.0 Å². The van der Waals surface area contributed by atoms with Crippen molar-refractivity contribution in [2.24, 2.45) is 0 Å². The van der Waals surface area contributed by atoms with Gasteiger partial charge >= 0.3 is 0 Å². The molecule has 1 aromatic heterocycles. The lowest BCUT2D eigenvalue weighted by Gasteiger charge is -2.29. The summed E-state index contributed by atoms with van der Waals surface area (Å²) in [4.78, 5) is 8.87. The molecule has 0 N–H and O–H groups in total. The highest BCUT2D eigenvalue weighted by Gasteiger charge is 2.27. The van der Waals surface area contributed by atoms with Gasteiger partial charge in [-0.3, -0.25) is 0 Å². The Labute approximate surface area is 174 Å². The average molecular weight is 415 g/mol. The van der Waals surface area contributed by atoms with Crippen LogP contribution in [-0.4, -0.2) is 32.7 Å². The fourth-order valence-electron chi connectivity index (χ4n) is 4.02. The van der Waals surface area contributed by atoms with E-state index in [0.717, 1.165) is 30.2 Å². The molecule has 5 heteroatoms. The molecular weight excluding hydrogens is 376 g/mol. The fraction of sp³-hybridized carbons (Fsp3) is 0.565. The maximum atomic E-state index is 5.82. The number of nitrogens with zero attached hydrogens (tertiary/aromatic N) is 2. The van der Waals surface area contributed by atoms with Crippen molar-refractivity contribution in [3.8, 4) is 17.1 Å². The normalized spacial score (nSPS) is 12.2. The molecule has 3 nitrogen and oxygen atoms in total. The van der Waals surface area contributed by atoms with E-state index in [2.05, 4.69) is 73.9 Å². The monoisotopic (exact) mass is 414 g/mol. The number of hydrogen-bond donors (Lipinski definition) is 0. The Hall–Kier alpha value is -1.47. The van der Waals surface area contributed by atoms with E-state index in [4.69, 9.17) is 4.74 Å². The van der Waals surface area contributed by atoms with Crippen molar-refractivity contribution in [2.75, 3.05) is 6.61 Å². The smallest absolute Gasteiger partial charge is 0.159 e. The first-order valence-corrected chi connectivity index (χ1v) is 17.8. The minimum atomic E-state index is -0.983. The Morgan fingerprint density at radius 1 is 0.821 bits per heavy atom. The molecule has 1 heterocycles. The second-order valence-corrected chi connectivity index (χ2v) is 21.4. The van der Waals surface area contributed by atoms with E-state index in [1.807, 2.05) is 0 Å². The zero-order valence-electron chi connectivity index (χ0n) is 18.7. The Kier molecular flexibility index (Phi) is 8.44. The molecule has 0 aliphatic carbocycles. The number of unbranched alkanes of at least 4 members (excludes halogenated alkanes) is 3. The van der Waals surface area contributed by atoms with Crippen LogP contribution in [0.3, 0.4) is 0 Å². The summed E-state index contributed by atoms with van der Waals surface area (Å²) >= 11 is 0. The second kappa shape index (κ2) is 10.4. The van der Waals surface area contributed by atoms with Gasteiger partial charge in [0.15, 0.2) is 11.6 Å². The third-order valence-electron chi connectivity index (χ3n) is 4.96. The first-order valence-electron chi connectivity index (χ1n) is 10.7. The fourth-order valence-corrected chi connectivity index (χ4v) is 17.4. The number of ether oxygens (including phenoxy) is 1. The molecule has 0 spiro atoms. The molecule has 1 aromatic carbocycles. The summed E-state index contributed by atoms with van der Waals surface area (Å²) in [6, 6.07) is 9.75. The van der Waals surface area contributed by atoms with Gasteiger partial charge in [0, 0.05) is 21.7 Å². The van der Waals surface area contributed by atoms with E-state index in [1.165, 1.54) is 30.9 Å². The SMILES string of the molecule is Cc1ccc(-c2ncc(OCCCCCC[Si](C)(C)C[Si](C)(C)C)cn2)cc1. The van der Waals surface area contributed by atoms with Crippen LogP contribution < -0.4 is 4.74 Å². The number of aryl methyl sites for hydroxylation is 1. The topological polar surface area (TPSA) is 35.0 Å².